The minimum atomic E-state index is -3.38. The van der Waals surface area contributed by atoms with Gasteiger partial charge in [-0.2, -0.15) is 4.31 Å². The van der Waals surface area contributed by atoms with Crippen molar-refractivity contribution in [3.63, 3.8) is 0 Å². The van der Waals surface area contributed by atoms with E-state index < -0.39 is 22.0 Å². The van der Waals surface area contributed by atoms with Gasteiger partial charge in [-0.3, -0.25) is 4.79 Å². The number of piperazine rings is 1. The quantitative estimate of drug-likeness (QED) is 0.515. The van der Waals surface area contributed by atoms with Gasteiger partial charge in [0, 0.05) is 0 Å². The second-order valence-corrected chi connectivity index (χ2v) is 9.81. The van der Waals surface area contributed by atoms with E-state index in [4.69, 9.17) is 4.74 Å². The molecule has 2 N–H and O–H groups in total. The largest absolute Gasteiger partial charge is 0.467 e. The maximum atomic E-state index is 12.6. The molecule has 0 aliphatic carbocycles. The van der Waals surface area contributed by atoms with Crippen LogP contribution in [0.3, 0.4) is 0 Å². The van der Waals surface area contributed by atoms with Crippen LogP contribution in [0.15, 0.2) is 30.3 Å². The topological polar surface area (TPSA) is 97.2 Å². The summed E-state index contributed by atoms with van der Waals surface area (Å²) in [7, 11) is -2.07. The molecule has 1 heterocycles. The molecule has 0 unspecified atom stereocenters. The highest BCUT2D eigenvalue weighted by Crippen LogP contribution is 2.10. The average Bonchev–Trinajstić information content (AvgIpc) is 2.67. The molecule has 1 fully saturated rings. The Bertz CT molecular complexity index is 775. The number of ether oxygens (including phenoxy) is 1. The van der Waals surface area contributed by atoms with E-state index in [0.29, 0.717) is 32.6 Å². The Morgan fingerprint density at radius 1 is 1.17 bits per heavy atom. The molecule has 1 aromatic carbocycles. The first kappa shape index (κ1) is 23.3. The smallest absolute Gasteiger partial charge is 0.328 e. The summed E-state index contributed by atoms with van der Waals surface area (Å²) in [5.41, 5.74) is 0.764. The monoisotopic (exact) mass is 426 g/mol. The van der Waals surface area contributed by atoms with Gasteiger partial charge in [0.25, 0.3) is 5.91 Å². The van der Waals surface area contributed by atoms with Crippen molar-refractivity contribution in [1.29, 1.82) is 0 Å². The van der Waals surface area contributed by atoms with Crippen molar-refractivity contribution in [2.24, 2.45) is 5.92 Å². The van der Waals surface area contributed by atoms with Crippen molar-refractivity contribution in [2.75, 3.05) is 39.8 Å². The summed E-state index contributed by atoms with van der Waals surface area (Å²) in [4.78, 5) is 25.2. The predicted octanol–water partition coefficient (Wildman–Crippen LogP) is -0.579. The zero-order valence-electron chi connectivity index (χ0n) is 17.4. The lowest BCUT2D eigenvalue weighted by atomic mass is 10.0. The Kier molecular flexibility index (Phi) is 8.60. The van der Waals surface area contributed by atoms with Crippen molar-refractivity contribution in [3.8, 4) is 0 Å². The number of hydrogen-bond acceptors (Lipinski definition) is 5. The van der Waals surface area contributed by atoms with Crippen molar-refractivity contribution in [3.05, 3.63) is 35.9 Å². The van der Waals surface area contributed by atoms with E-state index in [1.165, 1.54) is 11.4 Å². The van der Waals surface area contributed by atoms with Gasteiger partial charge in [-0.1, -0.05) is 44.2 Å². The molecule has 2 rings (SSSR count). The lowest BCUT2D eigenvalue weighted by molar-refractivity contribution is -0.895. The van der Waals surface area contributed by atoms with E-state index in [2.05, 4.69) is 5.32 Å². The highest BCUT2D eigenvalue weighted by Gasteiger charge is 2.31. The van der Waals surface area contributed by atoms with Crippen molar-refractivity contribution in [2.45, 2.75) is 32.1 Å². The second kappa shape index (κ2) is 10.7. The Morgan fingerprint density at radius 2 is 1.79 bits per heavy atom. The molecule has 1 aliphatic heterocycles. The van der Waals surface area contributed by atoms with Crippen LogP contribution in [-0.4, -0.2) is 70.5 Å². The fraction of sp³-hybridized carbons (Fsp3) is 0.600. The number of sulfonamides is 1. The van der Waals surface area contributed by atoms with Crippen LogP contribution in [0.2, 0.25) is 0 Å². The average molecular weight is 427 g/mol. The minimum absolute atomic E-state index is 0.0142. The molecule has 8 nitrogen and oxygen atoms in total. The Morgan fingerprint density at radius 3 is 2.34 bits per heavy atom. The van der Waals surface area contributed by atoms with Gasteiger partial charge >= 0.3 is 5.97 Å². The Balaban J connectivity index is 1.84. The molecule has 9 heteroatoms. The molecule has 0 spiro atoms. The molecule has 0 saturated carbocycles. The molecular weight excluding hydrogens is 394 g/mol. The summed E-state index contributed by atoms with van der Waals surface area (Å²) >= 11 is 0. The number of carbonyl (C=O) groups is 2. The summed E-state index contributed by atoms with van der Waals surface area (Å²) < 4.78 is 31.5. The number of quaternary nitrogens is 1. The van der Waals surface area contributed by atoms with Crippen LogP contribution < -0.4 is 10.2 Å². The van der Waals surface area contributed by atoms with Crippen LogP contribution in [0.25, 0.3) is 0 Å². The molecule has 0 aromatic heterocycles. The number of nitrogens with one attached hydrogen (secondary N) is 2. The zero-order chi connectivity index (χ0) is 21.4. The summed E-state index contributed by atoms with van der Waals surface area (Å²) in [6.07, 6.45) is 0.513. The Hall–Kier alpha value is -1.97. The number of hydrogen-bond donors (Lipinski definition) is 2. The zero-order valence-corrected chi connectivity index (χ0v) is 18.2. The third-order valence-corrected chi connectivity index (χ3v) is 6.80. The van der Waals surface area contributed by atoms with Crippen LogP contribution in [0.5, 0.6) is 0 Å². The van der Waals surface area contributed by atoms with E-state index in [1.807, 2.05) is 32.0 Å². The summed E-state index contributed by atoms with van der Waals surface area (Å²) in [5, 5.41) is 2.75. The molecule has 1 atom stereocenters. The van der Waals surface area contributed by atoms with Gasteiger partial charge < -0.3 is 15.0 Å². The SMILES string of the molecule is COC(=O)[C@@H](CC(C)C)NC(=O)C[NH+]1CCN(S(=O)(=O)Cc2ccccc2)CC1. The van der Waals surface area contributed by atoms with Crippen LogP contribution in [0.1, 0.15) is 25.8 Å². The maximum Gasteiger partial charge on any atom is 0.328 e. The number of rotatable bonds is 9. The van der Waals surface area contributed by atoms with E-state index in [0.717, 1.165) is 10.5 Å². The van der Waals surface area contributed by atoms with Gasteiger partial charge in [0.1, 0.15) is 6.04 Å². The normalized spacial score (nSPS) is 17.1. The van der Waals surface area contributed by atoms with E-state index >= 15 is 0 Å². The van der Waals surface area contributed by atoms with Gasteiger partial charge in [-0.05, 0) is 17.9 Å². The lowest BCUT2D eigenvalue weighted by Crippen LogP contribution is -3.15. The van der Waals surface area contributed by atoms with Crippen molar-refractivity contribution in [1.82, 2.24) is 9.62 Å². The second-order valence-electron chi connectivity index (χ2n) is 7.84. The van der Waals surface area contributed by atoms with E-state index in [-0.39, 0.29) is 24.1 Å². The highest BCUT2D eigenvalue weighted by molar-refractivity contribution is 7.88. The first-order valence-corrected chi connectivity index (χ1v) is 11.5. The molecular formula is C20H32N3O5S+. The fourth-order valence-electron chi connectivity index (χ4n) is 3.43. The van der Waals surface area contributed by atoms with Gasteiger partial charge in [-0.15, -0.1) is 0 Å². The van der Waals surface area contributed by atoms with Crippen LogP contribution in [0.4, 0.5) is 0 Å². The van der Waals surface area contributed by atoms with Crippen LogP contribution in [-0.2, 0) is 30.1 Å². The van der Waals surface area contributed by atoms with Crippen molar-refractivity contribution >= 4 is 21.9 Å². The first-order valence-electron chi connectivity index (χ1n) is 9.93. The third-order valence-electron chi connectivity index (χ3n) is 4.95. The Labute approximate surface area is 173 Å². The van der Waals surface area contributed by atoms with Crippen LogP contribution >= 0.6 is 0 Å². The number of amides is 1. The van der Waals surface area contributed by atoms with Gasteiger partial charge in [0.05, 0.1) is 39.0 Å². The molecule has 1 aromatic rings. The number of nitrogens with zero attached hydrogens (tertiary/aromatic N) is 1. The predicted molar refractivity (Wildman–Crippen MR) is 110 cm³/mol. The summed E-state index contributed by atoms with van der Waals surface area (Å²) in [6.45, 7) is 6.01. The van der Waals surface area contributed by atoms with E-state index in [9.17, 15) is 18.0 Å². The van der Waals surface area contributed by atoms with Gasteiger partial charge in [0.15, 0.2) is 6.54 Å². The summed E-state index contributed by atoms with van der Waals surface area (Å²) in [5.74, 6) is -0.444. The van der Waals surface area contributed by atoms with Crippen molar-refractivity contribution < 1.29 is 27.6 Å². The maximum absolute atomic E-state index is 12.6. The molecule has 0 bridgehead atoms. The number of benzene rings is 1. The number of methoxy groups -OCH3 is 1. The van der Waals surface area contributed by atoms with E-state index in [1.54, 1.807) is 12.1 Å². The summed E-state index contributed by atoms with van der Waals surface area (Å²) in [6, 6.07) is 8.46. The molecule has 1 amide bonds. The lowest BCUT2D eigenvalue weighted by Gasteiger charge is -2.31. The number of carbonyl (C=O) groups excluding carboxylic acids is 2. The highest BCUT2D eigenvalue weighted by atomic mass is 32.2. The number of esters is 1. The molecule has 1 saturated heterocycles. The van der Waals surface area contributed by atoms with Gasteiger partial charge in [-0.25, -0.2) is 13.2 Å². The fourth-order valence-corrected chi connectivity index (χ4v) is 4.97. The first-order chi connectivity index (χ1) is 13.7. The van der Waals surface area contributed by atoms with Crippen LogP contribution in [0, 0.1) is 5.92 Å². The standard InChI is InChI=1S/C20H31N3O5S/c1-16(2)13-18(20(25)28-3)21-19(24)14-22-9-11-23(12-10-22)29(26,27)15-17-7-5-4-6-8-17/h4-8,16,18H,9-15H2,1-3H3,(H,21,24)/p+1/t18-/m1/s1. The third kappa shape index (κ3) is 7.41. The minimum Gasteiger partial charge on any atom is -0.467 e. The molecule has 162 valence electrons. The molecule has 0 radical (unpaired) electrons. The molecule has 1 aliphatic rings. The molecule has 29 heavy (non-hydrogen) atoms. The van der Waals surface area contributed by atoms with Gasteiger partial charge in [0.2, 0.25) is 10.0 Å².